The van der Waals surface area contributed by atoms with E-state index >= 15 is 0 Å². The molecule has 2 amide bonds. The number of carbonyl (C=O) groups excluding carboxylic acids is 2. The van der Waals surface area contributed by atoms with Gasteiger partial charge in [0.1, 0.15) is 17.8 Å². The van der Waals surface area contributed by atoms with Gasteiger partial charge in [0.25, 0.3) is 5.91 Å². The molecule has 7 nitrogen and oxygen atoms in total. The van der Waals surface area contributed by atoms with Crippen LogP contribution in [0, 0.1) is 5.92 Å². The van der Waals surface area contributed by atoms with Crippen molar-refractivity contribution in [3.05, 3.63) is 71.9 Å². The van der Waals surface area contributed by atoms with E-state index in [-0.39, 0.29) is 17.7 Å². The maximum atomic E-state index is 12.9. The van der Waals surface area contributed by atoms with E-state index in [4.69, 9.17) is 0 Å². The van der Waals surface area contributed by atoms with E-state index in [9.17, 15) is 9.59 Å². The van der Waals surface area contributed by atoms with Crippen molar-refractivity contribution in [2.24, 2.45) is 5.92 Å². The normalized spacial score (nSPS) is 13.3. The lowest BCUT2D eigenvalue weighted by Crippen LogP contribution is -2.36. The van der Waals surface area contributed by atoms with Crippen LogP contribution in [0.15, 0.2) is 55.1 Å². The van der Waals surface area contributed by atoms with Crippen LogP contribution in [0.25, 0.3) is 5.82 Å². The monoisotopic (exact) mass is 389 g/mol. The van der Waals surface area contributed by atoms with Gasteiger partial charge in [-0.1, -0.05) is 38.1 Å². The zero-order chi connectivity index (χ0) is 20.4. The van der Waals surface area contributed by atoms with Gasteiger partial charge in [-0.25, -0.2) is 9.97 Å². The van der Waals surface area contributed by atoms with Crippen LogP contribution in [0.2, 0.25) is 0 Å². The Morgan fingerprint density at radius 1 is 1.07 bits per heavy atom. The van der Waals surface area contributed by atoms with Crippen LogP contribution >= 0.6 is 0 Å². The molecular weight excluding hydrogens is 366 g/mol. The third kappa shape index (κ3) is 4.03. The summed E-state index contributed by atoms with van der Waals surface area (Å²) >= 11 is 0. The minimum atomic E-state index is -0.0985. The predicted molar refractivity (Wildman–Crippen MR) is 110 cm³/mol. The summed E-state index contributed by atoms with van der Waals surface area (Å²) in [6.07, 6.45) is 5.73. The largest absolute Gasteiger partial charge is 0.333 e. The molecule has 0 saturated carbocycles. The Labute approximate surface area is 169 Å². The van der Waals surface area contributed by atoms with E-state index in [1.807, 2.05) is 30.9 Å². The summed E-state index contributed by atoms with van der Waals surface area (Å²) < 4.78 is 1.71. The molecule has 0 unspecified atom stereocenters. The zero-order valence-corrected chi connectivity index (χ0v) is 16.5. The highest BCUT2D eigenvalue weighted by atomic mass is 16.2. The molecule has 1 aromatic carbocycles. The van der Waals surface area contributed by atoms with Gasteiger partial charge in [-0.15, -0.1) is 0 Å². The first-order valence-electron chi connectivity index (χ1n) is 9.68. The Bertz CT molecular complexity index is 1040. The van der Waals surface area contributed by atoms with E-state index in [1.54, 1.807) is 35.4 Å². The molecule has 0 aliphatic carbocycles. The summed E-state index contributed by atoms with van der Waals surface area (Å²) in [6, 6.07) is 11.8. The minimum Gasteiger partial charge on any atom is -0.333 e. The van der Waals surface area contributed by atoms with Gasteiger partial charge in [-0.2, -0.15) is 0 Å². The van der Waals surface area contributed by atoms with Gasteiger partial charge < -0.3 is 10.2 Å². The number of nitrogens with zero attached hydrogens (tertiary/aromatic N) is 4. The Morgan fingerprint density at radius 2 is 1.86 bits per heavy atom. The fraction of sp³-hybridized carbons (Fsp3) is 0.273. The van der Waals surface area contributed by atoms with Crippen LogP contribution in [0.4, 0.5) is 5.69 Å². The van der Waals surface area contributed by atoms with Gasteiger partial charge in [-0.05, 0) is 29.7 Å². The van der Waals surface area contributed by atoms with Crippen LogP contribution in [-0.2, 0) is 17.8 Å². The summed E-state index contributed by atoms with van der Waals surface area (Å²) in [5.41, 5.74) is 3.52. The summed E-state index contributed by atoms with van der Waals surface area (Å²) in [5, 5.41) is 2.81. The Morgan fingerprint density at radius 3 is 2.59 bits per heavy atom. The number of carbonyl (C=O) groups is 2. The lowest BCUT2D eigenvalue weighted by atomic mass is 10.00. The van der Waals surface area contributed by atoms with Crippen molar-refractivity contribution in [2.45, 2.75) is 26.8 Å². The van der Waals surface area contributed by atoms with Gasteiger partial charge in [-0.3, -0.25) is 14.2 Å². The number of benzene rings is 1. The molecule has 148 valence electrons. The fourth-order valence-corrected chi connectivity index (χ4v) is 3.29. The Balaban J connectivity index is 1.46. The molecule has 4 rings (SSSR count). The number of pyridine rings is 1. The van der Waals surface area contributed by atoms with Crippen molar-refractivity contribution in [2.75, 3.05) is 11.9 Å². The molecule has 3 aromatic rings. The SMILES string of the molecule is CC(C)C(=O)Nc1ccc(-n2cnc(C(=O)N3CCc4ccccc4C3)c2)nc1. The average Bonchev–Trinajstić information content (AvgIpc) is 3.23. The summed E-state index contributed by atoms with van der Waals surface area (Å²) in [7, 11) is 0. The first-order chi connectivity index (χ1) is 14.0. The second kappa shape index (κ2) is 7.87. The molecule has 0 saturated heterocycles. The molecule has 7 heteroatoms. The van der Waals surface area contributed by atoms with Crippen LogP contribution in [0.5, 0.6) is 0 Å². The first-order valence-corrected chi connectivity index (χ1v) is 9.68. The van der Waals surface area contributed by atoms with E-state index in [0.717, 1.165) is 6.42 Å². The molecule has 0 bridgehead atoms. The number of rotatable bonds is 4. The molecule has 1 aliphatic rings. The van der Waals surface area contributed by atoms with E-state index in [1.165, 1.54) is 11.1 Å². The maximum Gasteiger partial charge on any atom is 0.274 e. The van der Waals surface area contributed by atoms with Gasteiger partial charge >= 0.3 is 0 Å². The Hall–Kier alpha value is -3.48. The quantitative estimate of drug-likeness (QED) is 0.744. The van der Waals surface area contributed by atoms with Crippen molar-refractivity contribution < 1.29 is 9.59 Å². The highest BCUT2D eigenvalue weighted by Crippen LogP contribution is 2.20. The third-order valence-corrected chi connectivity index (χ3v) is 5.02. The number of nitrogens with one attached hydrogen (secondary N) is 1. The fourth-order valence-electron chi connectivity index (χ4n) is 3.29. The standard InChI is InChI=1S/C22H23N5O2/c1-15(2)21(28)25-18-7-8-20(23-11-18)27-13-19(24-14-27)22(29)26-10-9-16-5-3-4-6-17(16)12-26/h3-8,11,13-15H,9-10,12H2,1-2H3,(H,25,28). The highest BCUT2D eigenvalue weighted by Gasteiger charge is 2.23. The van der Waals surface area contributed by atoms with Crippen LogP contribution < -0.4 is 5.32 Å². The van der Waals surface area contributed by atoms with Crippen LogP contribution in [-0.4, -0.2) is 37.8 Å². The molecule has 0 spiro atoms. The van der Waals surface area contributed by atoms with Crippen molar-refractivity contribution in [3.63, 3.8) is 0 Å². The van der Waals surface area contributed by atoms with Gasteiger partial charge in [0.2, 0.25) is 5.91 Å². The number of fused-ring (bicyclic) bond motifs is 1. The first kappa shape index (κ1) is 18.9. The van der Waals surface area contributed by atoms with Gasteiger partial charge in [0, 0.05) is 25.2 Å². The van der Waals surface area contributed by atoms with E-state index < -0.39 is 0 Å². The number of amides is 2. The average molecular weight is 389 g/mol. The lowest BCUT2D eigenvalue weighted by Gasteiger charge is -2.28. The molecule has 3 heterocycles. The van der Waals surface area contributed by atoms with Crippen molar-refractivity contribution in [3.8, 4) is 5.82 Å². The minimum absolute atomic E-state index is 0.0573. The maximum absolute atomic E-state index is 12.9. The van der Waals surface area contributed by atoms with Crippen molar-refractivity contribution in [1.29, 1.82) is 0 Å². The van der Waals surface area contributed by atoms with Crippen LogP contribution in [0.1, 0.15) is 35.5 Å². The van der Waals surface area contributed by atoms with E-state index in [0.29, 0.717) is 30.3 Å². The van der Waals surface area contributed by atoms with Crippen molar-refractivity contribution in [1.82, 2.24) is 19.4 Å². The Kier molecular flexibility index (Phi) is 5.12. The second-order valence-corrected chi connectivity index (χ2v) is 7.46. The number of hydrogen-bond acceptors (Lipinski definition) is 4. The highest BCUT2D eigenvalue weighted by molar-refractivity contribution is 5.92. The van der Waals surface area contributed by atoms with Crippen LogP contribution in [0.3, 0.4) is 0 Å². The molecule has 2 aromatic heterocycles. The molecule has 1 N–H and O–H groups in total. The second-order valence-electron chi connectivity index (χ2n) is 7.46. The summed E-state index contributed by atoms with van der Waals surface area (Å²) in [4.78, 5) is 35.1. The summed E-state index contributed by atoms with van der Waals surface area (Å²) in [6.45, 7) is 4.96. The smallest absolute Gasteiger partial charge is 0.274 e. The molecule has 1 aliphatic heterocycles. The third-order valence-electron chi connectivity index (χ3n) is 5.02. The number of aromatic nitrogens is 3. The summed E-state index contributed by atoms with van der Waals surface area (Å²) in [5.74, 6) is 0.388. The molecule has 0 radical (unpaired) electrons. The molecule has 0 atom stereocenters. The number of hydrogen-bond donors (Lipinski definition) is 1. The topological polar surface area (TPSA) is 80.1 Å². The van der Waals surface area contributed by atoms with Crippen molar-refractivity contribution >= 4 is 17.5 Å². The molecule has 0 fully saturated rings. The zero-order valence-electron chi connectivity index (χ0n) is 16.5. The van der Waals surface area contributed by atoms with Gasteiger partial charge in [0.15, 0.2) is 0 Å². The molecule has 29 heavy (non-hydrogen) atoms. The number of imidazole rings is 1. The molecular formula is C22H23N5O2. The van der Waals surface area contributed by atoms with Gasteiger partial charge in [0.05, 0.1) is 11.9 Å². The van der Waals surface area contributed by atoms with E-state index in [2.05, 4.69) is 27.4 Å². The predicted octanol–water partition coefficient (Wildman–Crippen LogP) is 3.06. The number of anilines is 1. The lowest BCUT2D eigenvalue weighted by molar-refractivity contribution is -0.118.